The third-order valence-electron chi connectivity index (χ3n) is 3.07. The van der Waals surface area contributed by atoms with Crippen molar-refractivity contribution in [3.8, 4) is 11.5 Å². The number of ether oxygens (including phenoxy) is 2. The molecule has 0 radical (unpaired) electrons. The molecule has 0 aliphatic carbocycles. The van der Waals surface area contributed by atoms with E-state index >= 15 is 0 Å². The summed E-state index contributed by atoms with van der Waals surface area (Å²) in [6.45, 7) is 6.10. The van der Waals surface area contributed by atoms with Gasteiger partial charge in [-0.2, -0.15) is 0 Å². The Hall–Kier alpha value is -2.43. The van der Waals surface area contributed by atoms with E-state index in [2.05, 4.69) is 5.32 Å². The molecule has 1 unspecified atom stereocenters. The molecule has 1 aromatic carbocycles. The van der Waals surface area contributed by atoms with Crippen LogP contribution < -0.4 is 14.8 Å². The molecule has 1 atom stereocenters. The van der Waals surface area contributed by atoms with Crippen LogP contribution in [0, 0.1) is 6.92 Å². The molecular formula is C17H21NO4. The number of carbonyl (C=O) groups is 1. The second-order valence-electron chi connectivity index (χ2n) is 4.91. The van der Waals surface area contributed by atoms with E-state index in [-0.39, 0.29) is 18.6 Å². The van der Waals surface area contributed by atoms with Crippen LogP contribution in [0.25, 0.3) is 0 Å². The van der Waals surface area contributed by atoms with Gasteiger partial charge in [0, 0.05) is 0 Å². The zero-order chi connectivity index (χ0) is 15.9. The van der Waals surface area contributed by atoms with Crippen LogP contribution in [-0.4, -0.2) is 19.1 Å². The molecular weight excluding hydrogens is 282 g/mol. The first kappa shape index (κ1) is 15.9. The number of amides is 1. The molecule has 0 aliphatic rings. The maximum atomic E-state index is 12.0. The minimum Gasteiger partial charge on any atom is -0.490 e. The Morgan fingerprint density at radius 1 is 1.18 bits per heavy atom. The largest absolute Gasteiger partial charge is 0.490 e. The first-order chi connectivity index (χ1) is 10.6. The fraction of sp³-hybridized carbons (Fsp3) is 0.353. The summed E-state index contributed by atoms with van der Waals surface area (Å²) < 4.78 is 16.5. The summed E-state index contributed by atoms with van der Waals surface area (Å²) in [5.41, 5.74) is 0. The maximum absolute atomic E-state index is 12.0. The van der Waals surface area contributed by atoms with E-state index in [1.807, 2.05) is 51.1 Å². The highest BCUT2D eigenvalue weighted by Crippen LogP contribution is 2.26. The first-order valence-corrected chi connectivity index (χ1v) is 7.30. The summed E-state index contributed by atoms with van der Waals surface area (Å²) in [5, 5.41) is 2.83. The van der Waals surface area contributed by atoms with Crippen molar-refractivity contribution >= 4 is 5.91 Å². The van der Waals surface area contributed by atoms with Gasteiger partial charge < -0.3 is 19.2 Å². The molecule has 0 bridgehead atoms. The molecule has 5 nitrogen and oxygen atoms in total. The van der Waals surface area contributed by atoms with Crippen molar-refractivity contribution in [2.45, 2.75) is 26.8 Å². The molecule has 0 saturated carbocycles. The standard InChI is InChI=1S/C17H21NO4/c1-4-20-15-7-5-6-8-16(15)21-11-17(19)18-13(3)14-10-9-12(2)22-14/h5-10,13H,4,11H2,1-3H3,(H,18,19). The predicted molar refractivity (Wildman–Crippen MR) is 83.1 cm³/mol. The smallest absolute Gasteiger partial charge is 0.258 e. The van der Waals surface area contributed by atoms with Crippen molar-refractivity contribution in [3.63, 3.8) is 0 Å². The molecule has 1 N–H and O–H groups in total. The van der Waals surface area contributed by atoms with Crippen molar-refractivity contribution in [2.24, 2.45) is 0 Å². The monoisotopic (exact) mass is 303 g/mol. The number of carbonyl (C=O) groups excluding carboxylic acids is 1. The normalized spacial score (nSPS) is 11.8. The third-order valence-corrected chi connectivity index (χ3v) is 3.07. The molecule has 0 aliphatic heterocycles. The summed E-state index contributed by atoms with van der Waals surface area (Å²) in [7, 11) is 0. The van der Waals surface area contributed by atoms with E-state index in [9.17, 15) is 4.79 Å². The average molecular weight is 303 g/mol. The van der Waals surface area contributed by atoms with Gasteiger partial charge in [0.1, 0.15) is 11.5 Å². The zero-order valence-corrected chi connectivity index (χ0v) is 13.1. The van der Waals surface area contributed by atoms with Gasteiger partial charge in [0.25, 0.3) is 5.91 Å². The van der Waals surface area contributed by atoms with E-state index in [1.54, 1.807) is 6.07 Å². The van der Waals surface area contributed by atoms with E-state index in [4.69, 9.17) is 13.9 Å². The molecule has 1 aromatic heterocycles. The number of nitrogens with one attached hydrogen (secondary N) is 1. The van der Waals surface area contributed by atoms with Crippen LogP contribution in [0.4, 0.5) is 0 Å². The average Bonchev–Trinajstić information content (AvgIpc) is 2.93. The topological polar surface area (TPSA) is 60.7 Å². The van der Waals surface area contributed by atoms with Crippen molar-refractivity contribution in [2.75, 3.05) is 13.2 Å². The van der Waals surface area contributed by atoms with Gasteiger partial charge in [0.15, 0.2) is 18.1 Å². The lowest BCUT2D eigenvalue weighted by Crippen LogP contribution is -2.31. The van der Waals surface area contributed by atoms with Crippen molar-refractivity contribution < 1.29 is 18.7 Å². The quantitative estimate of drug-likeness (QED) is 0.853. The predicted octanol–water partition coefficient (Wildman–Crippen LogP) is 3.24. The zero-order valence-electron chi connectivity index (χ0n) is 13.1. The minimum absolute atomic E-state index is 0.0753. The molecule has 118 valence electrons. The first-order valence-electron chi connectivity index (χ1n) is 7.30. The summed E-state index contributed by atoms with van der Waals surface area (Å²) in [4.78, 5) is 12.0. The Morgan fingerprint density at radius 2 is 1.86 bits per heavy atom. The lowest BCUT2D eigenvalue weighted by Gasteiger charge is -2.14. The minimum atomic E-state index is -0.215. The van der Waals surface area contributed by atoms with Gasteiger partial charge in [0.05, 0.1) is 12.6 Å². The van der Waals surface area contributed by atoms with Gasteiger partial charge in [-0.25, -0.2) is 0 Å². The molecule has 22 heavy (non-hydrogen) atoms. The Morgan fingerprint density at radius 3 is 2.45 bits per heavy atom. The number of para-hydroxylation sites is 2. The van der Waals surface area contributed by atoms with Gasteiger partial charge in [-0.05, 0) is 45.0 Å². The summed E-state index contributed by atoms with van der Waals surface area (Å²) >= 11 is 0. The van der Waals surface area contributed by atoms with Crippen molar-refractivity contribution in [1.29, 1.82) is 0 Å². The third kappa shape index (κ3) is 4.28. The van der Waals surface area contributed by atoms with E-state index in [1.165, 1.54) is 0 Å². The van der Waals surface area contributed by atoms with Crippen LogP contribution in [0.5, 0.6) is 11.5 Å². The Balaban J connectivity index is 1.88. The summed E-state index contributed by atoms with van der Waals surface area (Å²) in [6.07, 6.45) is 0. The number of hydrogen-bond acceptors (Lipinski definition) is 4. The van der Waals surface area contributed by atoms with Crippen LogP contribution in [0.3, 0.4) is 0 Å². The molecule has 1 heterocycles. The van der Waals surface area contributed by atoms with Crippen LogP contribution >= 0.6 is 0 Å². The van der Waals surface area contributed by atoms with E-state index in [0.717, 1.165) is 11.5 Å². The Kier molecular flexibility index (Phi) is 5.47. The lowest BCUT2D eigenvalue weighted by molar-refractivity contribution is -0.123. The van der Waals surface area contributed by atoms with Crippen LogP contribution in [0.15, 0.2) is 40.8 Å². The highest BCUT2D eigenvalue weighted by molar-refractivity contribution is 5.78. The molecule has 5 heteroatoms. The van der Waals surface area contributed by atoms with Gasteiger partial charge >= 0.3 is 0 Å². The fourth-order valence-corrected chi connectivity index (χ4v) is 2.03. The molecule has 2 aromatic rings. The van der Waals surface area contributed by atoms with Gasteiger partial charge in [-0.15, -0.1) is 0 Å². The van der Waals surface area contributed by atoms with Crippen LogP contribution in [0.2, 0.25) is 0 Å². The van der Waals surface area contributed by atoms with Crippen molar-refractivity contribution in [1.82, 2.24) is 5.32 Å². The summed E-state index contributed by atoms with van der Waals surface area (Å²) in [5.74, 6) is 2.51. The summed E-state index contributed by atoms with van der Waals surface area (Å²) in [6, 6.07) is 10.8. The molecule has 1 amide bonds. The molecule has 0 fully saturated rings. The van der Waals surface area contributed by atoms with Crippen molar-refractivity contribution in [3.05, 3.63) is 47.9 Å². The Bertz CT molecular complexity index is 621. The lowest BCUT2D eigenvalue weighted by atomic mass is 10.2. The number of furan rings is 1. The van der Waals surface area contributed by atoms with Crippen LogP contribution in [-0.2, 0) is 4.79 Å². The van der Waals surface area contributed by atoms with E-state index in [0.29, 0.717) is 18.1 Å². The number of rotatable bonds is 7. The number of hydrogen-bond donors (Lipinski definition) is 1. The highest BCUT2D eigenvalue weighted by atomic mass is 16.5. The van der Waals surface area contributed by atoms with Crippen LogP contribution in [0.1, 0.15) is 31.4 Å². The van der Waals surface area contributed by atoms with E-state index < -0.39 is 0 Å². The second kappa shape index (κ2) is 7.54. The van der Waals surface area contributed by atoms with Gasteiger partial charge in [0.2, 0.25) is 0 Å². The SMILES string of the molecule is CCOc1ccccc1OCC(=O)NC(C)c1ccc(C)o1. The fourth-order valence-electron chi connectivity index (χ4n) is 2.03. The van der Waals surface area contributed by atoms with Gasteiger partial charge in [-0.1, -0.05) is 12.1 Å². The number of aryl methyl sites for hydroxylation is 1. The van der Waals surface area contributed by atoms with Gasteiger partial charge in [-0.3, -0.25) is 4.79 Å². The Labute approximate surface area is 130 Å². The molecule has 0 saturated heterocycles. The highest BCUT2D eigenvalue weighted by Gasteiger charge is 2.14. The second-order valence-corrected chi connectivity index (χ2v) is 4.91. The molecule has 0 spiro atoms. The maximum Gasteiger partial charge on any atom is 0.258 e. The number of benzene rings is 1. The molecule has 2 rings (SSSR count).